The maximum Gasteiger partial charge on any atom is 0.330 e. The molecule has 1 aromatic heterocycles. The molecule has 0 atom stereocenters. The largest absolute Gasteiger partial charge is 0.460 e. The van der Waals surface area contributed by atoms with E-state index in [2.05, 4.69) is 22.9 Å². The first-order valence-electron chi connectivity index (χ1n) is 9.38. The predicted octanol–water partition coefficient (Wildman–Crippen LogP) is 3.16. The smallest absolute Gasteiger partial charge is 0.330 e. The highest BCUT2D eigenvalue weighted by molar-refractivity contribution is 6.01. The Morgan fingerprint density at radius 1 is 1.33 bits per heavy atom. The minimum atomic E-state index is -0.583. The minimum absolute atomic E-state index is 0.00605. The highest BCUT2D eigenvalue weighted by Crippen LogP contribution is 2.43. The fraction of sp³-hybridized carbons (Fsp3) is 0.364. The summed E-state index contributed by atoms with van der Waals surface area (Å²) >= 11 is 0. The zero-order valence-electron chi connectivity index (χ0n) is 17.1. The number of nitrogens with one attached hydrogen (secondary N) is 2. The molecule has 2 N–H and O–H groups in total. The summed E-state index contributed by atoms with van der Waals surface area (Å²) in [6.07, 6.45) is 5.56. The number of Topliss-reactive ketones (excluding diaryl/α,β-unsaturated/α-hetero) is 1. The van der Waals surface area contributed by atoms with E-state index in [0.717, 1.165) is 11.8 Å². The van der Waals surface area contributed by atoms with Crippen LogP contribution in [0.3, 0.4) is 0 Å². The fourth-order valence-electron chi connectivity index (χ4n) is 3.20. The summed E-state index contributed by atoms with van der Waals surface area (Å²) in [5.41, 5.74) is 1.84. The molecule has 30 heavy (non-hydrogen) atoms. The maximum atomic E-state index is 12.6. The van der Waals surface area contributed by atoms with Crippen molar-refractivity contribution in [2.24, 2.45) is 5.41 Å². The van der Waals surface area contributed by atoms with Crippen LogP contribution < -0.4 is 5.32 Å². The number of carbonyl (C=O) groups excluding carboxylic acids is 2. The van der Waals surface area contributed by atoms with Gasteiger partial charge in [-0.25, -0.2) is 4.79 Å². The summed E-state index contributed by atoms with van der Waals surface area (Å²) in [6, 6.07) is 5.94. The highest BCUT2D eigenvalue weighted by atomic mass is 16.6. The van der Waals surface area contributed by atoms with Gasteiger partial charge in [0.25, 0.3) is 0 Å². The monoisotopic (exact) mass is 408 g/mol. The fourth-order valence-corrected chi connectivity index (χ4v) is 3.20. The van der Waals surface area contributed by atoms with Gasteiger partial charge >= 0.3 is 5.97 Å². The first kappa shape index (κ1) is 22.7. The van der Waals surface area contributed by atoms with Gasteiger partial charge in [0.05, 0.1) is 17.9 Å². The van der Waals surface area contributed by atoms with Crippen molar-refractivity contribution in [3.05, 3.63) is 53.5 Å². The third-order valence-corrected chi connectivity index (χ3v) is 4.48. The van der Waals surface area contributed by atoms with Crippen LogP contribution >= 0.6 is 0 Å². The van der Waals surface area contributed by atoms with Crippen LogP contribution in [0.4, 0.5) is 5.69 Å². The molecular formula is C22H24N4O4. The number of aromatic nitrogens is 1. The van der Waals surface area contributed by atoms with Crippen LogP contribution in [-0.4, -0.2) is 36.6 Å². The Bertz CT molecular complexity index is 956. The summed E-state index contributed by atoms with van der Waals surface area (Å²) in [6.45, 7) is 6.94. The van der Waals surface area contributed by atoms with E-state index >= 15 is 0 Å². The van der Waals surface area contributed by atoms with Crippen molar-refractivity contribution in [1.29, 1.82) is 10.5 Å². The number of esters is 1. The number of nitriles is 2. The molecule has 0 saturated carbocycles. The number of rotatable bonds is 9. The van der Waals surface area contributed by atoms with Gasteiger partial charge in [-0.2, -0.15) is 10.5 Å². The molecule has 0 saturated heterocycles. The number of hydrogen-bond donors (Lipinski definition) is 2. The second kappa shape index (κ2) is 10.2. The van der Waals surface area contributed by atoms with Crippen LogP contribution in [0.5, 0.6) is 0 Å². The van der Waals surface area contributed by atoms with Crippen LogP contribution in [0, 0.1) is 28.1 Å². The number of allylic oxidation sites excluding steroid dienone is 3. The number of nitrogens with zero attached hydrogens (tertiary/aromatic N) is 2. The third kappa shape index (κ3) is 5.94. The standard InChI is InChI=1S/C22H24N4O4/c1-4-21(28)30-8-7-29-14-20(27)18(12-24)16-9-22(2,3)10-19(17(16)11-23)26-15-5-6-25-13-15/h4-6,13,25-26H,1,7-10,14H2,2-3H3/b18-16-. The van der Waals surface area contributed by atoms with Gasteiger partial charge in [-0.05, 0) is 29.9 Å². The van der Waals surface area contributed by atoms with Gasteiger partial charge in [0.15, 0.2) is 5.78 Å². The number of hydrogen-bond acceptors (Lipinski definition) is 7. The lowest BCUT2D eigenvalue weighted by molar-refractivity contribution is -0.139. The molecule has 1 aromatic rings. The molecule has 1 heterocycles. The minimum Gasteiger partial charge on any atom is -0.460 e. The van der Waals surface area contributed by atoms with E-state index in [9.17, 15) is 20.1 Å². The molecule has 0 fully saturated rings. The van der Waals surface area contributed by atoms with E-state index in [1.165, 1.54) is 0 Å². The van der Waals surface area contributed by atoms with Crippen LogP contribution in [-0.2, 0) is 19.1 Å². The van der Waals surface area contributed by atoms with E-state index in [1.54, 1.807) is 12.4 Å². The number of anilines is 1. The number of carbonyl (C=O) groups is 2. The van der Waals surface area contributed by atoms with E-state index in [-0.39, 0.29) is 30.8 Å². The van der Waals surface area contributed by atoms with Crippen LogP contribution in [0.1, 0.15) is 26.7 Å². The number of H-pyrrole nitrogens is 1. The van der Waals surface area contributed by atoms with Gasteiger partial charge in [-0.1, -0.05) is 20.4 Å². The van der Waals surface area contributed by atoms with Crippen molar-refractivity contribution in [3.63, 3.8) is 0 Å². The number of aromatic amines is 1. The SMILES string of the molecule is C=CC(=O)OCCOCC(=O)/C(C#N)=C1/CC(C)(C)CC(Nc2cc[nH]c2)=C1C#N. The molecule has 0 radical (unpaired) electrons. The number of ether oxygens (including phenoxy) is 2. The van der Waals surface area contributed by atoms with Gasteiger partial charge < -0.3 is 19.8 Å². The Morgan fingerprint density at radius 2 is 2.10 bits per heavy atom. The molecule has 0 aromatic carbocycles. The summed E-state index contributed by atoms with van der Waals surface area (Å²) in [4.78, 5) is 26.6. The molecule has 156 valence electrons. The summed E-state index contributed by atoms with van der Waals surface area (Å²) in [5.74, 6) is -1.10. The lowest BCUT2D eigenvalue weighted by Gasteiger charge is -2.33. The molecule has 0 bridgehead atoms. The van der Waals surface area contributed by atoms with E-state index in [4.69, 9.17) is 9.47 Å². The molecule has 1 aliphatic carbocycles. The average molecular weight is 408 g/mol. The number of ketones is 1. The van der Waals surface area contributed by atoms with Gasteiger partial charge in [0, 0.05) is 24.2 Å². The van der Waals surface area contributed by atoms with Gasteiger partial charge in [-0.3, -0.25) is 4.79 Å². The van der Waals surface area contributed by atoms with Crippen molar-refractivity contribution < 1.29 is 19.1 Å². The predicted molar refractivity (Wildman–Crippen MR) is 110 cm³/mol. The molecule has 2 rings (SSSR count). The van der Waals surface area contributed by atoms with Crippen LogP contribution in [0.15, 0.2) is 53.5 Å². The third-order valence-electron chi connectivity index (χ3n) is 4.48. The highest BCUT2D eigenvalue weighted by Gasteiger charge is 2.34. The van der Waals surface area contributed by atoms with Gasteiger partial charge in [-0.15, -0.1) is 0 Å². The molecule has 0 amide bonds. The van der Waals surface area contributed by atoms with Crippen molar-refractivity contribution >= 4 is 17.4 Å². The summed E-state index contributed by atoms with van der Waals surface area (Å²) in [5, 5.41) is 22.7. The van der Waals surface area contributed by atoms with Crippen molar-refractivity contribution in [2.45, 2.75) is 26.7 Å². The maximum absolute atomic E-state index is 12.6. The zero-order valence-corrected chi connectivity index (χ0v) is 17.1. The Balaban J connectivity index is 2.24. The van der Waals surface area contributed by atoms with Gasteiger partial charge in [0.1, 0.15) is 30.9 Å². The molecular weight excluding hydrogens is 384 g/mol. The van der Waals surface area contributed by atoms with Gasteiger partial charge in [0.2, 0.25) is 0 Å². The molecule has 0 unspecified atom stereocenters. The summed E-state index contributed by atoms with van der Waals surface area (Å²) in [7, 11) is 0. The second-order valence-electron chi connectivity index (χ2n) is 7.52. The van der Waals surface area contributed by atoms with Crippen molar-refractivity contribution in [2.75, 3.05) is 25.1 Å². The molecule has 1 aliphatic rings. The topological polar surface area (TPSA) is 128 Å². The van der Waals surface area contributed by atoms with E-state index in [1.807, 2.05) is 26.0 Å². The Labute approximate surface area is 175 Å². The first-order valence-corrected chi connectivity index (χ1v) is 9.38. The quantitative estimate of drug-likeness (QED) is 0.278. The molecule has 0 spiro atoms. The lowest BCUT2D eigenvalue weighted by atomic mass is 9.72. The normalized spacial score (nSPS) is 16.8. The summed E-state index contributed by atoms with van der Waals surface area (Å²) < 4.78 is 10.0. The first-order chi connectivity index (χ1) is 14.3. The second-order valence-corrected chi connectivity index (χ2v) is 7.52. The van der Waals surface area contributed by atoms with Crippen molar-refractivity contribution in [3.8, 4) is 12.1 Å². The zero-order chi connectivity index (χ0) is 22.1. The van der Waals surface area contributed by atoms with E-state index in [0.29, 0.717) is 29.7 Å². The van der Waals surface area contributed by atoms with Crippen LogP contribution in [0.2, 0.25) is 0 Å². The molecule has 8 nitrogen and oxygen atoms in total. The molecule has 0 aliphatic heterocycles. The lowest BCUT2D eigenvalue weighted by Crippen LogP contribution is -2.26. The Hall–Kier alpha value is -3.62. The van der Waals surface area contributed by atoms with Crippen molar-refractivity contribution in [1.82, 2.24) is 4.98 Å². The van der Waals surface area contributed by atoms with Crippen LogP contribution in [0.25, 0.3) is 0 Å². The molecule has 8 heteroatoms. The van der Waals surface area contributed by atoms with E-state index < -0.39 is 11.8 Å². The Morgan fingerprint density at radius 3 is 2.70 bits per heavy atom. The average Bonchev–Trinajstić information content (AvgIpc) is 3.20. The Kier molecular flexibility index (Phi) is 7.74.